The molecule has 1 aromatic rings. The fraction of sp³-hybridized carbons (Fsp3) is 0.529. The van der Waals surface area contributed by atoms with E-state index in [4.69, 9.17) is 25.8 Å². The van der Waals surface area contributed by atoms with Crippen LogP contribution in [0.3, 0.4) is 0 Å². The molecular weight excluding hydrogens is 334 g/mol. The number of carbonyl (C=O) groups excluding carboxylic acids is 2. The van der Waals surface area contributed by atoms with E-state index >= 15 is 0 Å². The third-order valence-electron chi connectivity index (χ3n) is 3.28. The Bertz CT molecular complexity index is 626. The van der Waals surface area contributed by atoms with Crippen molar-refractivity contribution in [3.8, 4) is 5.75 Å². The van der Waals surface area contributed by atoms with E-state index in [0.29, 0.717) is 16.5 Å². The zero-order chi connectivity index (χ0) is 17.9. The van der Waals surface area contributed by atoms with E-state index in [9.17, 15) is 9.59 Å². The molecule has 1 aliphatic heterocycles. The first-order chi connectivity index (χ1) is 11.2. The van der Waals surface area contributed by atoms with Gasteiger partial charge in [0, 0.05) is 11.1 Å². The van der Waals surface area contributed by atoms with Gasteiger partial charge < -0.3 is 14.2 Å². The van der Waals surface area contributed by atoms with Gasteiger partial charge in [0.05, 0.1) is 24.8 Å². The van der Waals surface area contributed by atoms with Crippen LogP contribution in [-0.4, -0.2) is 36.9 Å². The average molecular weight is 356 g/mol. The van der Waals surface area contributed by atoms with Crippen molar-refractivity contribution in [3.63, 3.8) is 0 Å². The second kappa shape index (κ2) is 7.30. The second-order valence-electron chi connectivity index (χ2n) is 6.44. The lowest BCUT2D eigenvalue weighted by atomic mass is 10.1. The standard InChI is InChI=1S/C17H22ClNO5/c1-5-22-15(20)9-12-10-23-14-8-11(18)6-7-13(14)19(12)16(21)24-17(2,3)4/h6-8,12H,5,9-10H2,1-4H3. The molecule has 24 heavy (non-hydrogen) atoms. The molecule has 0 spiro atoms. The zero-order valence-corrected chi connectivity index (χ0v) is 15.1. The molecule has 0 fully saturated rings. The summed E-state index contributed by atoms with van der Waals surface area (Å²) in [6, 6.07) is 4.47. The van der Waals surface area contributed by atoms with Crippen LogP contribution >= 0.6 is 11.6 Å². The normalized spacial score (nSPS) is 16.9. The molecule has 0 N–H and O–H groups in total. The number of ether oxygens (including phenoxy) is 3. The summed E-state index contributed by atoms with van der Waals surface area (Å²) in [5.74, 6) is 0.0885. The smallest absolute Gasteiger partial charge is 0.415 e. The number of hydrogen-bond donors (Lipinski definition) is 0. The largest absolute Gasteiger partial charge is 0.489 e. The lowest BCUT2D eigenvalue weighted by Gasteiger charge is -2.37. The molecule has 1 aromatic carbocycles. The molecule has 1 amide bonds. The summed E-state index contributed by atoms with van der Waals surface area (Å²) >= 11 is 5.98. The molecule has 0 radical (unpaired) electrons. The van der Waals surface area contributed by atoms with Gasteiger partial charge in [-0.05, 0) is 39.8 Å². The number of rotatable bonds is 3. The summed E-state index contributed by atoms with van der Waals surface area (Å²) in [7, 11) is 0. The Morgan fingerprint density at radius 2 is 2.08 bits per heavy atom. The number of carbonyl (C=O) groups is 2. The Morgan fingerprint density at radius 1 is 1.38 bits per heavy atom. The van der Waals surface area contributed by atoms with Gasteiger partial charge in [0.2, 0.25) is 0 Å². The molecular formula is C17H22ClNO5. The van der Waals surface area contributed by atoms with Crippen LogP contribution in [0.25, 0.3) is 0 Å². The van der Waals surface area contributed by atoms with Gasteiger partial charge in [-0.1, -0.05) is 11.6 Å². The lowest BCUT2D eigenvalue weighted by molar-refractivity contribution is -0.143. The van der Waals surface area contributed by atoms with Gasteiger partial charge in [-0.3, -0.25) is 9.69 Å². The highest BCUT2D eigenvalue weighted by Gasteiger charge is 2.36. The molecule has 2 rings (SSSR count). The number of amides is 1. The van der Waals surface area contributed by atoms with Gasteiger partial charge in [-0.2, -0.15) is 0 Å². The van der Waals surface area contributed by atoms with Crippen LogP contribution in [0.15, 0.2) is 18.2 Å². The van der Waals surface area contributed by atoms with E-state index in [-0.39, 0.29) is 19.6 Å². The summed E-state index contributed by atoms with van der Waals surface area (Å²) in [4.78, 5) is 26.0. The molecule has 1 aliphatic rings. The molecule has 7 heteroatoms. The van der Waals surface area contributed by atoms with E-state index in [1.165, 1.54) is 4.90 Å². The van der Waals surface area contributed by atoms with Crippen molar-refractivity contribution in [1.29, 1.82) is 0 Å². The van der Waals surface area contributed by atoms with Crippen molar-refractivity contribution in [3.05, 3.63) is 23.2 Å². The summed E-state index contributed by atoms with van der Waals surface area (Å²) in [5, 5.41) is 0.502. The van der Waals surface area contributed by atoms with Crippen LogP contribution in [0.5, 0.6) is 5.75 Å². The number of halogens is 1. The van der Waals surface area contributed by atoms with E-state index < -0.39 is 23.7 Å². The molecule has 1 atom stereocenters. The Balaban J connectivity index is 2.32. The van der Waals surface area contributed by atoms with Crippen molar-refractivity contribution in [2.45, 2.75) is 45.8 Å². The van der Waals surface area contributed by atoms with Gasteiger partial charge in [0.1, 0.15) is 18.0 Å². The predicted octanol–water partition coefficient (Wildman–Crippen LogP) is 3.80. The molecule has 1 unspecified atom stereocenters. The van der Waals surface area contributed by atoms with E-state index in [1.807, 2.05) is 0 Å². The van der Waals surface area contributed by atoms with Crippen LogP contribution in [0.1, 0.15) is 34.1 Å². The van der Waals surface area contributed by atoms with Gasteiger partial charge in [0.15, 0.2) is 0 Å². The quantitative estimate of drug-likeness (QED) is 0.772. The van der Waals surface area contributed by atoms with E-state index in [0.717, 1.165) is 0 Å². The van der Waals surface area contributed by atoms with E-state index in [2.05, 4.69) is 0 Å². The summed E-state index contributed by atoms with van der Waals surface area (Å²) in [6.07, 6.45) is -0.515. The third-order valence-corrected chi connectivity index (χ3v) is 3.51. The number of nitrogens with zero attached hydrogens (tertiary/aromatic N) is 1. The highest BCUT2D eigenvalue weighted by molar-refractivity contribution is 6.30. The first-order valence-electron chi connectivity index (χ1n) is 7.81. The minimum absolute atomic E-state index is 0.0230. The lowest BCUT2D eigenvalue weighted by Crippen LogP contribution is -2.49. The zero-order valence-electron chi connectivity index (χ0n) is 14.3. The van der Waals surface area contributed by atoms with Gasteiger partial charge >= 0.3 is 12.1 Å². The first-order valence-corrected chi connectivity index (χ1v) is 8.19. The number of benzene rings is 1. The molecule has 1 heterocycles. The maximum atomic E-state index is 12.7. The monoisotopic (exact) mass is 355 g/mol. The van der Waals surface area contributed by atoms with Crippen LogP contribution < -0.4 is 9.64 Å². The molecule has 132 valence electrons. The third kappa shape index (κ3) is 4.54. The summed E-state index contributed by atoms with van der Waals surface area (Å²) in [6.45, 7) is 7.53. The molecule has 0 aromatic heterocycles. The molecule has 0 saturated heterocycles. The minimum Gasteiger partial charge on any atom is -0.489 e. The van der Waals surface area contributed by atoms with Crippen molar-refractivity contribution >= 4 is 29.4 Å². The topological polar surface area (TPSA) is 65.1 Å². The maximum absolute atomic E-state index is 12.7. The molecule has 0 bridgehead atoms. The SMILES string of the molecule is CCOC(=O)CC1COc2cc(Cl)ccc2N1C(=O)OC(C)(C)C. The second-order valence-corrected chi connectivity index (χ2v) is 6.87. The van der Waals surface area contributed by atoms with Crippen LogP contribution in [-0.2, 0) is 14.3 Å². The van der Waals surface area contributed by atoms with Crippen molar-refractivity contribution in [2.24, 2.45) is 0 Å². The predicted molar refractivity (Wildman–Crippen MR) is 90.7 cm³/mol. The van der Waals surface area contributed by atoms with Crippen molar-refractivity contribution in [2.75, 3.05) is 18.1 Å². The van der Waals surface area contributed by atoms with Gasteiger partial charge in [0.25, 0.3) is 0 Å². The Hall–Kier alpha value is -1.95. The van der Waals surface area contributed by atoms with Crippen LogP contribution in [0.4, 0.5) is 10.5 Å². The number of anilines is 1. The van der Waals surface area contributed by atoms with Crippen molar-refractivity contribution < 1.29 is 23.8 Å². The van der Waals surface area contributed by atoms with Gasteiger partial charge in [-0.15, -0.1) is 0 Å². The Kier molecular flexibility index (Phi) is 5.59. The Morgan fingerprint density at radius 3 is 2.71 bits per heavy atom. The number of hydrogen-bond acceptors (Lipinski definition) is 5. The first kappa shape index (κ1) is 18.4. The molecule has 0 aliphatic carbocycles. The number of esters is 1. The van der Waals surface area contributed by atoms with Gasteiger partial charge in [-0.25, -0.2) is 4.79 Å². The fourth-order valence-corrected chi connectivity index (χ4v) is 2.54. The highest BCUT2D eigenvalue weighted by Crippen LogP contribution is 2.37. The molecule has 0 saturated carbocycles. The highest BCUT2D eigenvalue weighted by atomic mass is 35.5. The Labute approximate surface area is 146 Å². The van der Waals surface area contributed by atoms with E-state index in [1.54, 1.807) is 45.9 Å². The number of fused-ring (bicyclic) bond motifs is 1. The summed E-state index contributed by atoms with van der Waals surface area (Å²) < 4.78 is 16.1. The minimum atomic E-state index is -0.656. The molecule has 6 nitrogen and oxygen atoms in total. The summed E-state index contributed by atoms with van der Waals surface area (Å²) in [5.41, 5.74) is -0.134. The van der Waals surface area contributed by atoms with Crippen LogP contribution in [0.2, 0.25) is 5.02 Å². The van der Waals surface area contributed by atoms with Crippen LogP contribution in [0, 0.1) is 0 Å². The average Bonchev–Trinajstić information content (AvgIpc) is 2.45. The fourth-order valence-electron chi connectivity index (χ4n) is 2.38. The van der Waals surface area contributed by atoms with Crippen molar-refractivity contribution in [1.82, 2.24) is 0 Å². The maximum Gasteiger partial charge on any atom is 0.415 e.